The van der Waals surface area contributed by atoms with Crippen LogP contribution < -0.4 is 14.8 Å². The maximum atomic E-state index is 5.28. The van der Waals surface area contributed by atoms with Crippen molar-refractivity contribution in [2.75, 3.05) is 28.9 Å². The lowest BCUT2D eigenvalue weighted by Crippen LogP contribution is -2.50. The fourth-order valence-corrected chi connectivity index (χ4v) is 5.52. The van der Waals surface area contributed by atoms with E-state index < -0.39 is 0 Å². The highest BCUT2D eigenvalue weighted by Gasteiger charge is 2.57. The molecular formula is C32H44N4. The Bertz CT molecular complexity index is 1210. The van der Waals surface area contributed by atoms with Crippen molar-refractivity contribution in [1.82, 2.24) is 0 Å². The Morgan fingerprint density at radius 1 is 0.778 bits per heavy atom. The molecule has 2 unspecified atom stereocenters. The molecule has 3 aromatic carbocycles. The smallest absolute Gasteiger partial charge is 0.163 e. The van der Waals surface area contributed by atoms with Gasteiger partial charge in [-0.1, -0.05) is 110 Å². The van der Waals surface area contributed by atoms with E-state index in [1.54, 1.807) is 0 Å². The van der Waals surface area contributed by atoms with Gasteiger partial charge in [0.15, 0.2) is 5.84 Å². The molecule has 0 spiro atoms. The molecule has 6 rings (SSSR count). The van der Waals surface area contributed by atoms with Crippen molar-refractivity contribution in [3.8, 4) is 11.1 Å². The quantitative estimate of drug-likeness (QED) is 0.372. The van der Waals surface area contributed by atoms with Crippen molar-refractivity contribution < 1.29 is 0 Å². The van der Waals surface area contributed by atoms with Crippen LogP contribution in [0.15, 0.2) is 71.8 Å². The van der Waals surface area contributed by atoms with Crippen LogP contribution in [0, 0.1) is 0 Å². The molecule has 0 N–H and O–H groups in total. The molecule has 192 valence electrons. The summed E-state index contributed by atoms with van der Waals surface area (Å²) in [6.07, 6.45) is 1.17. The fraction of sp³-hybridized carbons (Fsp3) is 0.406. The molecule has 0 fully saturated rings. The van der Waals surface area contributed by atoms with E-state index in [1.165, 1.54) is 33.6 Å². The number of anilines is 3. The normalized spacial score (nSPS) is 19.4. The summed E-state index contributed by atoms with van der Waals surface area (Å²) < 4.78 is 0. The number of nitrogens with zero attached hydrogens (tertiary/aromatic N) is 4. The first-order valence-electron chi connectivity index (χ1n) is 13.7. The molecule has 3 aliphatic heterocycles. The van der Waals surface area contributed by atoms with Crippen LogP contribution in [0.4, 0.5) is 17.1 Å². The molecule has 4 heteroatoms. The molecule has 36 heavy (non-hydrogen) atoms. The first-order chi connectivity index (χ1) is 17.6. The summed E-state index contributed by atoms with van der Waals surface area (Å²) in [5.41, 5.74) is 8.91. The van der Waals surface area contributed by atoms with E-state index in [1.807, 2.05) is 41.5 Å². The molecule has 3 aliphatic rings. The van der Waals surface area contributed by atoms with Crippen molar-refractivity contribution in [2.45, 2.75) is 73.4 Å². The predicted molar refractivity (Wildman–Crippen MR) is 160 cm³/mol. The average Bonchev–Trinajstić information content (AvgIpc) is 3.48. The number of hydrazone groups is 1. The zero-order valence-electron chi connectivity index (χ0n) is 23.9. The SMILES string of the molecule is CC.CC.CC.CCC1(C)c2cccc3c2N2C(=NN(c4ccccc4N(C)C)C21)c1ccccc1-3. The van der Waals surface area contributed by atoms with Crippen molar-refractivity contribution in [3.05, 3.63) is 77.9 Å². The topological polar surface area (TPSA) is 22.1 Å². The van der Waals surface area contributed by atoms with Gasteiger partial charge in [0.05, 0.1) is 17.1 Å². The van der Waals surface area contributed by atoms with Gasteiger partial charge in [-0.25, -0.2) is 5.01 Å². The van der Waals surface area contributed by atoms with E-state index in [0.717, 1.165) is 17.9 Å². The van der Waals surface area contributed by atoms with Gasteiger partial charge in [-0.05, 0) is 29.7 Å². The molecular weight excluding hydrogens is 440 g/mol. The third-order valence-electron chi connectivity index (χ3n) is 7.17. The lowest BCUT2D eigenvalue weighted by Gasteiger charge is -2.38. The zero-order valence-corrected chi connectivity index (χ0v) is 23.9. The summed E-state index contributed by atoms with van der Waals surface area (Å²) in [7, 11) is 4.20. The summed E-state index contributed by atoms with van der Waals surface area (Å²) in [5, 5.41) is 7.56. The minimum absolute atomic E-state index is 0.0297. The number of amidine groups is 1. The second kappa shape index (κ2) is 11.2. The predicted octanol–water partition coefficient (Wildman–Crippen LogP) is 8.51. The van der Waals surface area contributed by atoms with Crippen LogP contribution in [0.2, 0.25) is 0 Å². The van der Waals surface area contributed by atoms with Gasteiger partial charge in [0.2, 0.25) is 0 Å². The fourth-order valence-electron chi connectivity index (χ4n) is 5.52. The molecule has 0 saturated heterocycles. The van der Waals surface area contributed by atoms with Crippen LogP contribution in [0.3, 0.4) is 0 Å². The lowest BCUT2D eigenvalue weighted by molar-refractivity contribution is 0.386. The summed E-state index contributed by atoms with van der Waals surface area (Å²) in [6, 6.07) is 24.1. The van der Waals surface area contributed by atoms with Gasteiger partial charge in [-0.3, -0.25) is 4.90 Å². The highest BCUT2D eigenvalue weighted by molar-refractivity contribution is 6.22. The summed E-state index contributed by atoms with van der Waals surface area (Å²) in [4.78, 5) is 4.68. The Hall–Kier alpha value is -3.27. The van der Waals surface area contributed by atoms with Crippen LogP contribution in [-0.4, -0.2) is 26.1 Å². The number of hydrogen-bond donors (Lipinski definition) is 0. The molecule has 0 bridgehead atoms. The van der Waals surface area contributed by atoms with Crippen LogP contribution in [0.1, 0.15) is 72.9 Å². The van der Waals surface area contributed by atoms with Crippen molar-refractivity contribution in [1.29, 1.82) is 0 Å². The van der Waals surface area contributed by atoms with Gasteiger partial charge < -0.3 is 4.90 Å². The van der Waals surface area contributed by atoms with Crippen LogP contribution in [0.5, 0.6) is 0 Å². The van der Waals surface area contributed by atoms with Crippen LogP contribution >= 0.6 is 0 Å². The van der Waals surface area contributed by atoms with Gasteiger partial charge >= 0.3 is 0 Å². The van der Waals surface area contributed by atoms with Gasteiger partial charge in [0, 0.05) is 30.6 Å². The zero-order chi connectivity index (χ0) is 26.6. The van der Waals surface area contributed by atoms with E-state index in [4.69, 9.17) is 5.10 Å². The second-order valence-electron chi connectivity index (χ2n) is 8.91. The number of rotatable bonds is 3. The van der Waals surface area contributed by atoms with Gasteiger partial charge in [0.1, 0.15) is 6.17 Å². The Labute approximate surface area is 219 Å². The maximum absolute atomic E-state index is 5.28. The molecule has 4 nitrogen and oxygen atoms in total. The molecule has 3 heterocycles. The van der Waals surface area contributed by atoms with E-state index in [2.05, 4.69) is 109 Å². The molecule has 0 aromatic heterocycles. The van der Waals surface area contributed by atoms with Gasteiger partial charge in [-0.2, -0.15) is 5.10 Å². The minimum Gasteiger partial charge on any atom is -0.376 e. The molecule has 0 saturated carbocycles. The van der Waals surface area contributed by atoms with Gasteiger partial charge in [-0.15, -0.1) is 0 Å². The van der Waals surface area contributed by atoms with E-state index in [-0.39, 0.29) is 11.6 Å². The third-order valence-corrected chi connectivity index (χ3v) is 7.17. The Kier molecular flexibility index (Phi) is 8.50. The highest BCUT2D eigenvalue weighted by Crippen LogP contribution is 2.58. The van der Waals surface area contributed by atoms with Crippen LogP contribution in [-0.2, 0) is 5.41 Å². The number of benzene rings is 3. The number of para-hydroxylation sites is 3. The molecule has 0 aliphatic carbocycles. The summed E-state index contributed by atoms with van der Waals surface area (Å²) >= 11 is 0. The monoisotopic (exact) mass is 484 g/mol. The van der Waals surface area contributed by atoms with Crippen molar-refractivity contribution >= 4 is 22.9 Å². The number of fused-ring (bicyclic) bond motifs is 3. The second-order valence-corrected chi connectivity index (χ2v) is 8.91. The average molecular weight is 485 g/mol. The van der Waals surface area contributed by atoms with Gasteiger partial charge in [0.25, 0.3) is 0 Å². The van der Waals surface area contributed by atoms with Crippen molar-refractivity contribution in [3.63, 3.8) is 0 Å². The number of hydrogen-bond acceptors (Lipinski definition) is 4. The summed E-state index contributed by atoms with van der Waals surface area (Å²) in [5.74, 6) is 1.07. The largest absolute Gasteiger partial charge is 0.376 e. The molecule has 2 atom stereocenters. The van der Waals surface area contributed by atoms with Crippen LogP contribution in [0.25, 0.3) is 11.1 Å². The van der Waals surface area contributed by atoms with E-state index in [0.29, 0.717) is 0 Å². The Balaban J connectivity index is 0.000000563. The Morgan fingerprint density at radius 3 is 2.00 bits per heavy atom. The highest BCUT2D eigenvalue weighted by atomic mass is 15.6. The van der Waals surface area contributed by atoms with E-state index in [9.17, 15) is 0 Å². The van der Waals surface area contributed by atoms with E-state index >= 15 is 0 Å². The first kappa shape index (κ1) is 27.3. The molecule has 0 amide bonds. The maximum Gasteiger partial charge on any atom is 0.163 e. The molecule has 3 aromatic rings. The molecule has 0 radical (unpaired) electrons. The third kappa shape index (κ3) is 3.87. The summed E-state index contributed by atoms with van der Waals surface area (Å²) in [6.45, 7) is 16.7. The lowest BCUT2D eigenvalue weighted by atomic mass is 9.78. The van der Waals surface area contributed by atoms with Crippen molar-refractivity contribution in [2.24, 2.45) is 5.10 Å². The standard InChI is InChI=1S/C26H26N4.3C2H6/c1-5-26(2)20-14-10-13-18-17-11-6-7-12-19(17)24-27-30(25(26)29(24)23(18)20)22-16-9-8-15-21(22)28(3)4;3*1-2/h6-16,25H,5H2,1-4H3;3*1-2H3. The Morgan fingerprint density at radius 2 is 1.36 bits per heavy atom. The first-order valence-corrected chi connectivity index (χ1v) is 13.7. The minimum atomic E-state index is -0.0297.